The van der Waals surface area contributed by atoms with Crippen molar-refractivity contribution in [3.63, 3.8) is 0 Å². The van der Waals surface area contributed by atoms with Crippen molar-refractivity contribution in [2.45, 2.75) is 25.2 Å². The summed E-state index contributed by atoms with van der Waals surface area (Å²) in [5.74, 6) is -4.19. The molecule has 3 aliphatic rings. The summed E-state index contributed by atoms with van der Waals surface area (Å²) in [5.41, 5.74) is -4.61. The molecule has 2 fully saturated rings. The minimum absolute atomic E-state index is 0.0729. The van der Waals surface area contributed by atoms with Crippen molar-refractivity contribution < 1.29 is 26.3 Å². The first-order chi connectivity index (χ1) is 9.57. The van der Waals surface area contributed by atoms with Gasteiger partial charge in [0.15, 0.2) is 0 Å². The first-order valence-electron chi connectivity index (χ1n) is 6.28. The summed E-state index contributed by atoms with van der Waals surface area (Å²) in [4.78, 5) is 0. The van der Waals surface area contributed by atoms with Gasteiger partial charge in [-0.25, -0.2) is 0 Å². The second-order valence-electron chi connectivity index (χ2n) is 5.86. The summed E-state index contributed by atoms with van der Waals surface area (Å²) in [6, 6.07) is 3.43. The third kappa shape index (κ3) is 1.59. The van der Waals surface area contributed by atoms with Gasteiger partial charge in [0.25, 0.3) is 0 Å². The van der Waals surface area contributed by atoms with E-state index in [1.807, 2.05) is 0 Å². The molecule has 8 heteroatoms. The van der Waals surface area contributed by atoms with Crippen LogP contribution in [0.5, 0.6) is 0 Å². The van der Waals surface area contributed by atoms with Crippen LogP contribution >= 0.6 is 0 Å². The largest absolute Gasteiger partial charge is 0.413 e. The molecule has 0 spiro atoms. The zero-order valence-electron chi connectivity index (χ0n) is 10.4. The smallest absolute Gasteiger partial charge is 0.197 e. The van der Waals surface area contributed by atoms with Crippen LogP contribution in [0.3, 0.4) is 0 Å². The molecule has 0 aromatic heterocycles. The van der Waals surface area contributed by atoms with Crippen molar-refractivity contribution in [3.05, 3.63) is 11.1 Å². The summed E-state index contributed by atoms with van der Waals surface area (Å²) in [6.07, 6.45) is -10.4. The second kappa shape index (κ2) is 3.73. The Morgan fingerprint density at radius 2 is 1.38 bits per heavy atom. The number of nitrogens with zero attached hydrogens (tertiary/aromatic N) is 2. The normalized spacial score (nSPS) is 36.8. The molecule has 2 saturated carbocycles. The van der Waals surface area contributed by atoms with E-state index in [9.17, 15) is 26.3 Å². The number of allylic oxidation sites excluding steroid dienone is 2. The Morgan fingerprint density at radius 3 is 1.81 bits per heavy atom. The third-order valence-electron chi connectivity index (χ3n) is 5.09. The Labute approximate surface area is 115 Å². The SMILES string of the molecule is N#CC1(C#N)CC2C3CC(C(C(F)(F)F)=C3C(F)(F)F)C21. The highest BCUT2D eigenvalue weighted by Gasteiger charge is 2.73. The first-order valence-corrected chi connectivity index (χ1v) is 6.28. The first kappa shape index (κ1) is 14.2. The van der Waals surface area contributed by atoms with E-state index in [2.05, 4.69) is 0 Å². The molecule has 4 atom stereocenters. The van der Waals surface area contributed by atoms with Crippen LogP contribution in [-0.4, -0.2) is 12.4 Å². The van der Waals surface area contributed by atoms with Gasteiger partial charge in [0, 0.05) is 17.1 Å². The van der Waals surface area contributed by atoms with Gasteiger partial charge in [-0.05, 0) is 30.6 Å². The van der Waals surface area contributed by atoms with E-state index < -0.39 is 52.6 Å². The standard InChI is InChI=1S/C13H8F6N2/c14-12(15,16)9-5-1-6(10(9)13(17,18)19)8-7(5)2-11(8,3-20)4-21/h5-8H,1-2H2. The molecule has 0 saturated heterocycles. The van der Waals surface area contributed by atoms with Crippen LogP contribution in [0.15, 0.2) is 11.1 Å². The minimum atomic E-state index is -5.08. The number of fused-ring (bicyclic) bond motifs is 5. The maximum absolute atomic E-state index is 13.1. The quantitative estimate of drug-likeness (QED) is 0.506. The molecule has 112 valence electrons. The molecule has 0 N–H and O–H groups in total. The number of hydrogen-bond donors (Lipinski definition) is 0. The molecule has 3 rings (SSSR count). The van der Waals surface area contributed by atoms with Crippen LogP contribution in [0.1, 0.15) is 12.8 Å². The monoisotopic (exact) mass is 306 g/mol. The van der Waals surface area contributed by atoms with Crippen LogP contribution in [0.2, 0.25) is 0 Å². The van der Waals surface area contributed by atoms with Crippen molar-refractivity contribution >= 4 is 0 Å². The molecule has 0 aromatic rings. The Morgan fingerprint density at radius 1 is 0.905 bits per heavy atom. The van der Waals surface area contributed by atoms with Gasteiger partial charge in [-0.2, -0.15) is 36.9 Å². The van der Waals surface area contributed by atoms with E-state index in [0.29, 0.717) is 0 Å². The molecule has 0 amide bonds. The van der Waals surface area contributed by atoms with Gasteiger partial charge in [-0.15, -0.1) is 0 Å². The van der Waals surface area contributed by atoms with Crippen molar-refractivity contribution in [2.24, 2.45) is 29.1 Å². The fraction of sp³-hybridized carbons (Fsp3) is 0.692. The summed E-state index contributed by atoms with van der Waals surface area (Å²) >= 11 is 0. The minimum Gasteiger partial charge on any atom is -0.197 e. The molecular formula is C13H8F6N2. The van der Waals surface area contributed by atoms with E-state index >= 15 is 0 Å². The molecule has 4 unspecified atom stereocenters. The van der Waals surface area contributed by atoms with Crippen LogP contribution in [-0.2, 0) is 0 Å². The van der Waals surface area contributed by atoms with Gasteiger partial charge in [0.1, 0.15) is 5.41 Å². The van der Waals surface area contributed by atoms with Gasteiger partial charge in [0.05, 0.1) is 12.1 Å². The van der Waals surface area contributed by atoms with E-state index in [1.54, 1.807) is 12.1 Å². The zero-order valence-corrected chi connectivity index (χ0v) is 10.4. The fourth-order valence-electron chi connectivity index (χ4n) is 4.49. The van der Waals surface area contributed by atoms with Crippen molar-refractivity contribution in [3.8, 4) is 12.1 Å². The van der Waals surface area contributed by atoms with Gasteiger partial charge in [-0.1, -0.05) is 0 Å². The average Bonchev–Trinajstić information content (AvgIpc) is 2.80. The molecule has 0 aromatic carbocycles. The fourth-order valence-corrected chi connectivity index (χ4v) is 4.49. The Kier molecular flexibility index (Phi) is 2.53. The van der Waals surface area contributed by atoms with Gasteiger partial charge >= 0.3 is 12.4 Å². The van der Waals surface area contributed by atoms with Crippen LogP contribution < -0.4 is 0 Å². The zero-order chi connectivity index (χ0) is 15.8. The van der Waals surface area contributed by atoms with Gasteiger partial charge in [-0.3, -0.25) is 0 Å². The number of nitriles is 2. The number of halogens is 6. The highest BCUT2D eigenvalue weighted by Crippen LogP contribution is 2.72. The summed E-state index contributed by atoms with van der Waals surface area (Å²) in [7, 11) is 0. The lowest BCUT2D eigenvalue weighted by Crippen LogP contribution is -2.52. The van der Waals surface area contributed by atoms with Crippen LogP contribution in [0.4, 0.5) is 26.3 Å². The molecule has 2 nitrogen and oxygen atoms in total. The van der Waals surface area contributed by atoms with E-state index in [-0.39, 0.29) is 12.8 Å². The third-order valence-corrected chi connectivity index (χ3v) is 5.09. The lowest BCUT2D eigenvalue weighted by molar-refractivity contribution is -0.135. The molecule has 0 radical (unpaired) electrons. The van der Waals surface area contributed by atoms with E-state index in [0.717, 1.165) is 0 Å². The van der Waals surface area contributed by atoms with Crippen molar-refractivity contribution in [1.82, 2.24) is 0 Å². The molecule has 21 heavy (non-hydrogen) atoms. The maximum atomic E-state index is 13.1. The predicted octanol–water partition coefficient (Wildman–Crippen LogP) is 3.73. The van der Waals surface area contributed by atoms with Crippen molar-refractivity contribution in [1.29, 1.82) is 10.5 Å². The Bertz CT molecular complexity index is 601. The maximum Gasteiger partial charge on any atom is 0.413 e. The number of rotatable bonds is 0. The van der Waals surface area contributed by atoms with Gasteiger partial charge < -0.3 is 0 Å². The highest BCUT2D eigenvalue weighted by molar-refractivity contribution is 5.44. The number of alkyl halides is 6. The average molecular weight is 306 g/mol. The summed E-state index contributed by atoms with van der Waals surface area (Å²) in [5, 5.41) is 18.1. The molecule has 0 aliphatic heterocycles. The predicted molar refractivity (Wildman–Crippen MR) is 56.0 cm³/mol. The second-order valence-corrected chi connectivity index (χ2v) is 5.86. The molecule has 0 heterocycles. The van der Waals surface area contributed by atoms with Crippen LogP contribution in [0.25, 0.3) is 0 Å². The molecule has 3 aliphatic carbocycles. The Balaban J connectivity index is 2.13. The topological polar surface area (TPSA) is 47.6 Å². The Hall–Kier alpha value is -1.70. The lowest BCUT2D eigenvalue weighted by atomic mass is 9.50. The highest BCUT2D eigenvalue weighted by atomic mass is 19.4. The molecular weight excluding hydrogens is 298 g/mol. The summed E-state index contributed by atoms with van der Waals surface area (Å²) in [6.45, 7) is 0. The lowest BCUT2D eigenvalue weighted by Gasteiger charge is -2.50. The van der Waals surface area contributed by atoms with Crippen LogP contribution in [0, 0.1) is 51.7 Å². The van der Waals surface area contributed by atoms with E-state index in [1.165, 1.54) is 0 Å². The molecule has 2 bridgehead atoms. The summed E-state index contributed by atoms with van der Waals surface area (Å²) < 4.78 is 78.2. The number of hydrogen-bond acceptors (Lipinski definition) is 2. The van der Waals surface area contributed by atoms with Crippen molar-refractivity contribution in [2.75, 3.05) is 0 Å². The van der Waals surface area contributed by atoms with Gasteiger partial charge in [0.2, 0.25) is 0 Å². The van der Waals surface area contributed by atoms with E-state index in [4.69, 9.17) is 10.5 Å².